The Bertz CT molecular complexity index is 1250. The number of benzene rings is 1. The molecule has 1 aromatic carbocycles. The third kappa shape index (κ3) is 2.89. The van der Waals surface area contributed by atoms with E-state index in [0.29, 0.717) is 13.2 Å². The zero-order valence-corrected chi connectivity index (χ0v) is 20.4. The van der Waals surface area contributed by atoms with Crippen LogP contribution < -0.4 is 4.90 Å². The second-order valence-electron chi connectivity index (χ2n) is 11.1. The van der Waals surface area contributed by atoms with Crippen molar-refractivity contribution in [3.8, 4) is 5.69 Å². The van der Waals surface area contributed by atoms with Gasteiger partial charge in [0, 0.05) is 31.1 Å². The van der Waals surface area contributed by atoms with Gasteiger partial charge in [0.15, 0.2) is 0 Å². The largest absolute Gasteiger partial charge is 0.389 e. The Morgan fingerprint density at radius 2 is 1.97 bits per heavy atom. The molecule has 34 heavy (non-hydrogen) atoms. The summed E-state index contributed by atoms with van der Waals surface area (Å²) >= 11 is 6.80. The molecule has 2 bridgehead atoms. The molecule has 9 heteroatoms. The molecule has 3 saturated carbocycles. The van der Waals surface area contributed by atoms with Crippen molar-refractivity contribution in [2.24, 2.45) is 5.92 Å². The first-order chi connectivity index (χ1) is 16.4. The van der Waals surface area contributed by atoms with Crippen LogP contribution in [0.5, 0.6) is 0 Å². The minimum atomic E-state index is -0.452. The molecule has 4 heterocycles. The highest BCUT2D eigenvalue weighted by atomic mass is 35.5. The molecule has 180 valence electrons. The fourth-order valence-corrected chi connectivity index (χ4v) is 6.87. The lowest BCUT2D eigenvalue weighted by Crippen LogP contribution is -2.63. The van der Waals surface area contributed by atoms with Crippen molar-refractivity contribution in [2.45, 2.75) is 56.3 Å². The van der Waals surface area contributed by atoms with Crippen LogP contribution in [0.2, 0.25) is 5.02 Å². The Balaban J connectivity index is 1.18. The van der Waals surface area contributed by atoms with Gasteiger partial charge in [-0.3, -0.25) is 9.58 Å². The third-order valence-electron chi connectivity index (χ3n) is 8.99. The third-order valence-corrected chi connectivity index (χ3v) is 9.29. The number of hydrogen-bond acceptors (Lipinski definition) is 6. The lowest BCUT2D eigenvalue weighted by Gasteiger charge is -2.61. The van der Waals surface area contributed by atoms with Gasteiger partial charge in [0.25, 0.3) is 0 Å². The molecule has 1 N–H and O–H groups in total. The van der Waals surface area contributed by atoms with Crippen LogP contribution >= 0.6 is 11.6 Å². The molecule has 2 saturated heterocycles. The van der Waals surface area contributed by atoms with E-state index in [-0.39, 0.29) is 17.1 Å². The molecule has 3 atom stereocenters. The Hall–Kier alpha value is -2.13. The van der Waals surface area contributed by atoms with Gasteiger partial charge < -0.3 is 14.7 Å². The summed E-state index contributed by atoms with van der Waals surface area (Å²) in [5.41, 5.74) is 3.01. The fraction of sp³-hybridized carbons (Fsp3) is 0.600. The summed E-state index contributed by atoms with van der Waals surface area (Å²) in [6, 6.07) is 4.44. The Morgan fingerprint density at radius 1 is 1.15 bits per heavy atom. The van der Waals surface area contributed by atoms with Gasteiger partial charge in [-0.25, -0.2) is 4.68 Å². The first kappa shape index (κ1) is 21.2. The average molecular weight is 483 g/mol. The predicted molar refractivity (Wildman–Crippen MR) is 131 cm³/mol. The van der Waals surface area contributed by atoms with E-state index in [9.17, 15) is 5.11 Å². The van der Waals surface area contributed by atoms with Gasteiger partial charge in [-0.2, -0.15) is 10.2 Å². The van der Waals surface area contributed by atoms with Crippen LogP contribution in [-0.4, -0.2) is 80.1 Å². The summed E-state index contributed by atoms with van der Waals surface area (Å²) in [6.45, 7) is 7.86. The van der Waals surface area contributed by atoms with Crippen molar-refractivity contribution in [1.29, 1.82) is 0 Å². The maximum absolute atomic E-state index is 10.5. The molecule has 0 radical (unpaired) electrons. The monoisotopic (exact) mass is 482 g/mol. The minimum absolute atomic E-state index is 0.247. The zero-order valence-electron chi connectivity index (χ0n) is 19.7. The molecule has 2 aliphatic heterocycles. The average Bonchev–Trinajstić information content (AvgIpc) is 3.45. The molecule has 3 aliphatic carbocycles. The highest BCUT2D eigenvalue weighted by Gasteiger charge is 2.58. The summed E-state index contributed by atoms with van der Waals surface area (Å²) < 4.78 is 9.73. The highest BCUT2D eigenvalue weighted by molar-refractivity contribution is 6.34. The SMILES string of the molecule is C[C@H]1CN([C@]2(C)COC[C@@H]2O)CCN1c1cc2c(cnn2-c2cnn(C34CC(C3)C4)c2)cc1Cl. The Labute approximate surface area is 204 Å². The molecular weight excluding hydrogens is 452 g/mol. The number of nitrogens with zero attached hydrogens (tertiary/aromatic N) is 6. The summed E-state index contributed by atoms with van der Waals surface area (Å²) in [7, 11) is 0. The van der Waals surface area contributed by atoms with Crippen molar-refractivity contribution < 1.29 is 9.84 Å². The maximum Gasteiger partial charge on any atom is 0.103 e. The number of aromatic nitrogens is 4. The molecule has 5 aliphatic rings. The van der Waals surface area contributed by atoms with E-state index in [4.69, 9.17) is 21.4 Å². The molecule has 2 aromatic heterocycles. The van der Waals surface area contributed by atoms with Gasteiger partial charge in [0.1, 0.15) is 5.69 Å². The second kappa shape index (κ2) is 7.20. The molecule has 0 unspecified atom stereocenters. The van der Waals surface area contributed by atoms with E-state index in [1.807, 2.05) is 23.1 Å². The summed E-state index contributed by atoms with van der Waals surface area (Å²) in [5, 5.41) is 21.6. The number of piperazine rings is 1. The lowest BCUT2D eigenvalue weighted by atomic mass is 9.50. The molecule has 0 amide bonds. The fourth-order valence-electron chi connectivity index (χ4n) is 6.59. The number of anilines is 1. The Kier molecular flexibility index (Phi) is 4.48. The number of aliphatic hydroxyl groups is 1. The van der Waals surface area contributed by atoms with Crippen molar-refractivity contribution in [3.05, 3.63) is 35.7 Å². The van der Waals surface area contributed by atoms with E-state index < -0.39 is 6.10 Å². The topological polar surface area (TPSA) is 71.6 Å². The normalized spacial score (nSPS) is 35.5. The minimum Gasteiger partial charge on any atom is -0.389 e. The first-order valence-corrected chi connectivity index (χ1v) is 12.7. The predicted octanol–water partition coefficient (Wildman–Crippen LogP) is 3.04. The van der Waals surface area contributed by atoms with Crippen LogP contribution in [-0.2, 0) is 10.3 Å². The summed E-state index contributed by atoms with van der Waals surface area (Å²) in [6.07, 6.45) is 9.30. The quantitative estimate of drug-likeness (QED) is 0.616. The van der Waals surface area contributed by atoms with E-state index >= 15 is 0 Å². The van der Waals surface area contributed by atoms with Crippen molar-refractivity contribution in [2.75, 3.05) is 37.7 Å². The van der Waals surface area contributed by atoms with E-state index in [1.165, 1.54) is 19.3 Å². The number of halogens is 1. The zero-order chi connectivity index (χ0) is 23.2. The van der Waals surface area contributed by atoms with Gasteiger partial charge in [-0.05, 0) is 51.2 Å². The molecule has 8 rings (SSSR count). The highest BCUT2D eigenvalue weighted by Crippen LogP contribution is 2.62. The summed E-state index contributed by atoms with van der Waals surface area (Å²) in [5.74, 6) is 0.914. The molecule has 5 fully saturated rings. The van der Waals surface area contributed by atoms with Crippen LogP contribution in [0.25, 0.3) is 16.6 Å². The van der Waals surface area contributed by atoms with E-state index in [1.54, 1.807) is 0 Å². The molecule has 0 spiro atoms. The van der Waals surface area contributed by atoms with Crippen LogP contribution in [0.15, 0.2) is 30.7 Å². The number of fused-ring (bicyclic) bond motifs is 1. The Morgan fingerprint density at radius 3 is 2.65 bits per heavy atom. The van der Waals surface area contributed by atoms with Crippen LogP contribution in [0.1, 0.15) is 33.1 Å². The lowest BCUT2D eigenvalue weighted by molar-refractivity contribution is -0.0977. The van der Waals surface area contributed by atoms with Gasteiger partial charge in [-0.1, -0.05) is 11.6 Å². The van der Waals surface area contributed by atoms with Gasteiger partial charge in [-0.15, -0.1) is 0 Å². The van der Waals surface area contributed by atoms with Gasteiger partial charge >= 0.3 is 0 Å². The smallest absolute Gasteiger partial charge is 0.103 e. The summed E-state index contributed by atoms with van der Waals surface area (Å²) in [4.78, 5) is 4.76. The maximum atomic E-state index is 10.5. The molecule has 3 aromatic rings. The number of rotatable bonds is 4. The molecule has 8 nitrogen and oxygen atoms in total. The van der Waals surface area contributed by atoms with Crippen molar-refractivity contribution >= 4 is 28.2 Å². The number of hydrogen-bond donors (Lipinski definition) is 1. The van der Waals surface area contributed by atoms with E-state index in [2.05, 4.69) is 45.7 Å². The second-order valence-corrected chi connectivity index (χ2v) is 11.5. The standard InChI is InChI=1S/C25H31ClN6O2/c1-16-12-29(24(2)15-34-14-23(24)33)3-4-30(16)22-6-21-18(5-20(22)26)10-28-32(21)19-11-27-31(13-19)25-7-17(8-25)9-25/h5-6,10-11,13,16-17,23,33H,3-4,7-9,12,14-15H2,1-2H3/t16-,17?,23-,24+,25?/m0/s1. The number of aliphatic hydroxyl groups excluding tert-OH is 1. The van der Waals surface area contributed by atoms with Crippen molar-refractivity contribution in [3.63, 3.8) is 0 Å². The van der Waals surface area contributed by atoms with Crippen LogP contribution in [0.4, 0.5) is 5.69 Å². The van der Waals surface area contributed by atoms with Crippen molar-refractivity contribution in [1.82, 2.24) is 24.5 Å². The first-order valence-electron chi connectivity index (χ1n) is 12.4. The van der Waals surface area contributed by atoms with Crippen LogP contribution in [0, 0.1) is 5.92 Å². The van der Waals surface area contributed by atoms with Gasteiger partial charge in [0.2, 0.25) is 0 Å². The van der Waals surface area contributed by atoms with E-state index in [0.717, 1.165) is 52.9 Å². The number of ether oxygens (including phenoxy) is 1. The van der Waals surface area contributed by atoms with Crippen LogP contribution in [0.3, 0.4) is 0 Å². The molecular formula is C25H31ClN6O2. The van der Waals surface area contributed by atoms with Gasteiger partial charge in [0.05, 0.1) is 65.2 Å².